The summed E-state index contributed by atoms with van der Waals surface area (Å²) in [6, 6.07) is 12.5. The van der Waals surface area contributed by atoms with Crippen molar-refractivity contribution in [3.05, 3.63) is 59.3 Å². The van der Waals surface area contributed by atoms with Gasteiger partial charge < -0.3 is 10.6 Å². The number of rotatable bonds is 4. The fourth-order valence-electron chi connectivity index (χ4n) is 2.66. The number of aryl methyl sites for hydroxylation is 2. The molecular weight excluding hydrogens is 316 g/mol. The number of H-pyrrole nitrogens is 1. The first-order valence-electron chi connectivity index (χ1n) is 8.08. The third kappa shape index (κ3) is 3.52. The van der Waals surface area contributed by atoms with Gasteiger partial charge in [-0.15, -0.1) is 0 Å². The van der Waals surface area contributed by atoms with Crippen molar-refractivity contribution in [2.75, 3.05) is 5.32 Å². The number of hydrogen-bond acceptors (Lipinski definition) is 3. The van der Waals surface area contributed by atoms with Crippen LogP contribution < -0.4 is 10.6 Å². The SMILES string of the molecule is Cc1ccc(NC(=O)C(C)NC(=O)c2n[nH]c3ccccc23)c(C)c1. The molecule has 128 valence electrons. The van der Waals surface area contributed by atoms with E-state index in [1.807, 2.05) is 56.3 Å². The topological polar surface area (TPSA) is 86.9 Å². The van der Waals surface area contributed by atoms with E-state index in [2.05, 4.69) is 20.8 Å². The third-order valence-electron chi connectivity index (χ3n) is 4.07. The molecule has 0 saturated carbocycles. The van der Waals surface area contributed by atoms with Gasteiger partial charge in [-0.3, -0.25) is 14.7 Å². The van der Waals surface area contributed by atoms with Crippen LogP contribution in [0.2, 0.25) is 0 Å². The lowest BCUT2D eigenvalue weighted by Gasteiger charge is -2.15. The first-order valence-corrected chi connectivity index (χ1v) is 8.08. The van der Waals surface area contributed by atoms with Crippen molar-refractivity contribution in [2.24, 2.45) is 0 Å². The van der Waals surface area contributed by atoms with E-state index >= 15 is 0 Å². The van der Waals surface area contributed by atoms with Crippen molar-refractivity contribution in [3.63, 3.8) is 0 Å². The Kier molecular flexibility index (Phi) is 4.52. The van der Waals surface area contributed by atoms with E-state index in [-0.39, 0.29) is 17.5 Å². The zero-order valence-electron chi connectivity index (χ0n) is 14.4. The van der Waals surface area contributed by atoms with Crippen LogP contribution >= 0.6 is 0 Å². The van der Waals surface area contributed by atoms with Crippen molar-refractivity contribution >= 4 is 28.4 Å². The van der Waals surface area contributed by atoms with Gasteiger partial charge in [0.25, 0.3) is 5.91 Å². The van der Waals surface area contributed by atoms with Crippen LogP contribution in [0, 0.1) is 13.8 Å². The smallest absolute Gasteiger partial charge is 0.273 e. The number of nitrogens with zero attached hydrogens (tertiary/aromatic N) is 1. The summed E-state index contributed by atoms with van der Waals surface area (Å²) in [7, 11) is 0. The molecule has 3 N–H and O–H groups in total. The van der Waals surface area contributed by atoms with E-state index in [0.29, 0.717) is 0 Å². The van der Waals surface area contributed by atoms with Crippen molar-refractivity contribution < 1.29 is 9.59 Å². The lowest BCUT2D eigenvalue weighted by atomic mass is 10.1. The highest BCUT2D eigenvalue weighted by Gasteiger charge is 2.20. The number of aromatic amines is 1. The molecule has 3 aromatic rings. The van der Waals surface area contributed by atoms with Gasteiger partial charge in [0.15, 0.2) is 5.69 Å². The summed E-state index contributed by atoms with van der Waals surface area (Å²) in [5, 5.41) is 13.1. The highest BCUT2D eigenvalue weighted by atomic mass is 16.2. The van der Waals surface area contributed by atoms with E-state index in [1.165, 1.54) is 0 Å². The molecule has 1 heterocycles. The number of para-hydroxylation sites is 1. The Hall–Kier alpha value is -3.15. The summed E-state index contributed by atoms with van der Waals surface area (Å²) in [4.78, 5) is 24.8. The molecular formula is C19H20N4O2. The minimum Gasteiger partial charge on any atom is -0.339 e. The predicted octanol–water partition coefficient (Wildman–Crippen LogP) is 2.94. The van der Waals surface area contributed by atoms with Gasteiger partial charge in [-0.05, 0) is 38.5 Å². The van der Waals surface area contributed by atoms with Gasteiger partial charge in [0.05, 0.1) is 5.52 Å². The van der Waals surface area contributed by atoms with Gasteiger partial charge in [-0.2, -0.15) is 5.10 Å². The Balaban J connectivity index is 1.69. The van der Waals surface area contributed by atoms with Gasteiger partial charge >= 0.3 is 0 Å². The minimum atomic E-state index is -0.691. The van der Waals surface area contributed by atoms with Gasteiger partial charge in [0.2, 0.25) is 5.91 Å². The lowest BCUT2D eigenvalue weighted by molar-refractivity contribution is -0.117. The average Bonchev–Trinajstić information content (AvgIpc) is 3.01. The number of aromatic nitrogens is 2. The Morgan fingerprint density at radius 3 is 2.64 bits per heavy atom. The van der Waals surface area contributed by atoms with Crippen LogP contribution in [-0.4, -0.2) is 28.1 Å². The zero-order chi connectivity index (χ0) is 18.0. The maximum Gasteiger partial charge on any atom is 0.273 e. The van der Waals surface area contributed by atoms with E-state index in [9.17, 15) is 9.59 Å². The Bertz CT molecular complexity index is 946. The summed E-state index contributed by atoms with van der Waals surface area (Å²) in [5.74, 6) is -0.666. The molecule has 0 bridgehead atoms. The molecule has 2 amide bonds. The molecule has 1 atom stereocenters. The normalized spacial score (nSPS) is 12.0. The van der Waals surface area contributed by atoms with Crippen LogP contribution in [0.4, 0.5) is 5.69 Å². The molecule has 0 radical (unpaired) electrons. The number of benzene rings is 2. The molecule has 1 unspecified atom stereocenters. The van der Waals surface area contributed by atoms with Gasteiger partial charge in [-0.25, -0.2) is 0 Å². The molecule has 6 heteroatoms. The molecule has 2 aromatic carbocycles. The summed E-state index contributed by atoms with van der Waals surface area (Å²) in [6.07, 6.45) is 0. The summed E-state index contributed by atoms with van der Waals surface area (Å²) >= 11 is 0. The zero-order valence-corrected chi connectivity index (χ0v) is 14.4. The summed E-state index contributed by atoms with van der Waals surface area (Å²) in [5.41, 5.74) is 3.90. The number of amides is 2. The van der Waals surface area contributed by atoms with Gasteiger partial charge in [-0.1, -0.05) is 35.9 Å². The number of carbonyl (C=O) groups excluding carboxylic acids is 2. The molecule has 1 aromatic heterocycles. The molecule has 3 rings (SSSR count). The second-order valence-corrected chi connectivity index (χ2v) is 6.12. The number of hydrogen-bond donors (Lipinski definition) is 3. The largest absolute Gasteiger partial charge is 0.339 e. The highest BCUT2D eigenvalue weighted by Crippen LogP contribution is 2.17. The van der Waals surface area contributed by atoms with E-state index in [4.69, 9.17) is 0 Å². The Morgan fingerprint density at radius 2 is 1.88 bits per heavy atom. The second-order valence-electron chi connectivity index (χ2n) is 6.12. The molecule has 0 fully saturated rings. The molecule has 6 nitrogen and oxygen atoms in total. The Morgan fingerprint density at radius 1 is 1.12 bits per heavy atom. The monoisotopic (exact) mass is 336 g/mol. The van der Waals surface area contributed by atoms with Crippen LogP contribution in [0.15, 0.2) is 42.5 Å². The fraction of sp³-hybridized carbons (Fsp3) is 0.211. The maximum atomic E-state index is 12.4. The third-order valence-corrected chi connectivity index (χ3v) is 4.07. The Labute approximate surface area is 145 Å². The van der Waals surface area contributed by atoms with Crippen molar-refractivity contribution in [3.8, 4) is 0 Å². The molecule has 0 spiro atoms. The minimum absolute atomic E-state index is 0.278. The van der Waals surface area contributed by atoms with E-state index in [1.54, 1.807) is 6.92 Å². The number of carbonyl (C=O) groups is 2. The first kappa shape index (κ1) is 16.7. The van der Waals surface area contributed by atoms with Crippen molar-refractivity contribution in [1.29, 1.82) is 0 Å². The number of nitrogens with one attached hydrogen (secondary N) is 3. The molecule has 25 heavy (non-hydrogen) atoms. The molecule has 0 aliphatic carbocycles. The summed E-state index contributed by atoms with van der Waals surface area (Å²) in [6.45, 7) is 5.57. The number of fused-ring (bicyclic) bond motifs is 1. The van der Waals surface area contributed by atoms with Gasteiger partial charge in [0.1, 0.15) is 6.04 Å². The second kappa shape index (κ2) is 6.76. The molecule has 0 aliphatic heterocycles. The van der Waals surface area contributed by atoms with E-state index < -0.39 is 6.04 Å². The standard InChI is InChI=1S/C19H20N4O2/c1-11-8-9-15(12(2)10-11)21-18(24)13(3)20-19(25)17-14-6-4-5-7-16(14)22-23-17/h4-10,13H,1-3H3,(H,20,25)(H,21,24)(H,22,23). The van der Waals surface area contributed by atoms with Crippen molar-refractivity contribution in [2.45, 2.75) is 26.8 Å². The van der Waals surface area contributed by atoms with Gasteiger partial charge in [0, 0.05) is 11.1 Å². The van der Waals surface area contributed by atoms with E-state index in [0.717, 1.165) is 27.7 Å². The van der Waals surface area contributed by atoms with Crippen molar-refractivity contribution in [1.82, 2.24) is 15.5 Å². The summed E-state index contributed by atoms with van der Waals surface area (Å²) < 4.78 is 0. The van der Waals surface area contributed by atoms with Crippen LogP contribution in [0.3, 0.4) is 0 Å². The van der Waals surface area contributed by atoms with Crippen LogP contribution in [0.5, 0.6) is 0 Å². The quantitative estimate of drug-likeness (QED) is 0.684. The van der Waals surface area contributed by atoms with Crippen LogP contribution in [-0.2, 0) is 4.79 Å². The first-order chi connectivity index (χ1) is 12.0. The lowest BCUT2D eigenvalue weighted by Crippen LogP contribution is -2.41. The predicted molar refractivity (Wildman–Crippen MR) is 97.6 cm³/mol. The number of anilines is 1. The average molecular weight is 336 g/mol. The van der Waals surface area contributed by atoms with Crippen LogP contribution in [0.1, 0.15) is 28.5 Å². The fourth-order valence-corrected chi connectivity index (χ4v) is 2.66. The van der Waals surface area contributed by atoms with Crippen LogP contribution in [0.25, 0.3) is 10.9 Å². The molecule has 0 aliphatic rings. The maximum absolute atomic E-state index is 12.4. The highest BCUT2D eigenvalue weighted by molar-refractivity contribution is 6.07. The molecule has 0 saturated heterocycles.